The van der Waals surface area contributed by atoms with E-state index in [4.69, 9.17) is 0 Å². The van der Waals surface area contributed by atoms with Crippen LogP contribution in [0.3, 0.4) is 0 Å². The van der Waals surface area contributed by atoms with Crippen molar-refractivity contribution < 1.29 is 13.2 Å². The minimum atomic E-state index is -3.07. The minimum Gasteiger partial charge on any atom is -0.347 e. The van der Waals surface area contributed by atoms with Gasteiger partial charge in [0.25, 0.3) is 5.91 Å². The van der Waals surface area contributed by atoms with E-state index in [0.29, 0.717) is 11.1 Å². The number of aryl methyl sites for hydroxylation is 2. The third-order valence-electron chi connectivity index (χ3n) is 4.09. The largest absolute Gasteiger partial charge is 0.347 e. The van der Waals surface area contributed by atoms with E-state index in [2.05, 4.69) is 14.9 Å². The zero-order valence-corrected chi connectivity index (χ0v) is 14.6. The van der Waals surface area contributed by atoms with Gasteiger partial charge >= 0.3 is 0 Å². The van der Waals surface area contributed by atoms with E-state index >= 15 is 0 Å². The van der Waals surface area contributed by atoms with Gasteiger partial charge in [-0.25, -0.2) is 13.4 Å². The smallest absolute Gasteiger partial charge is 0.251 e. The second-order valence-corrected chi connectivity index (χ2v) is 8.57. The summed E-state index contributed by atoms with van der Waals surface area (Å²) in [5, 5.41) is 3.05. The molecule has 0 saturated carbocycles. The van der Waals surface area contributed by atoms with Crippen molar-refractivity contribution in [2.75, 3.05) is 6.26 Å². The number of benzene rings is 1. The standard InChI is InChI=1S/C17H21N3O3S/c1-12-9-20-10-15(7-8-16(20)18-12)19-17(21)14-5-3-13(4-6-14)11-24(2,22)23/h3-6,9,15H,7-8,10-11H2,1-2H3,(H,19,21)/t15-/m0/s1. The SMILES string of the molecule is Cc1cn2c(n1)CC[C@H](NC(=O)c1ccc(CS(C)(=O)=O)cc1)C2. The van der Waals surface area contributed by atoms with Gasteiger partial charge in [0.2, 0.25) is 0 Å². The number of hydrogen-bond acceptors (Lipinski definition) is 4. The molecule has 2 aromatic rings. The van der Waals surface area contributed by atoms with Crippen molar-refractivity contribution in [2.45, 2.75) is 38.1 Å². The van der Waals surface area contributed by atoms with Crippen molar-refractivity contribution in [1.82, 2.24) is 14.9 Å². The molecule has 0 spiro atoms. The third-order valence-corrected chi connectivity index (χ3v) is 4.95. The monoisotopic (exact) mass is 347 g/mol. The number of nitrogens with zero attached hydrogens (tertiary/aromatic N) is 2. The normalized spacial score (nSPS) is 17.3. The molecule has 128 valence electrons. The highest BCUT2D eigenvalue weighted by molar-refractivity contribution is 7.89. The first-order valence-electron chi connectivity index (χ1n) is 7.90. The fourth-order valence-corrected chi connectivity index (χ4v) is 3.83. The second-order valence-electron chi connectivity index (χ2n) is 6.43. The Balaban J connectivity index is 1.63. The summed E-state index contributed by atoms with van der Waals surface area (Å²) in [5.74, 6) is 0.926. The first kappa shape index (κ1) is 16.7. The van der Waals surface area contributed by atoms with E-state index in [1.165, 1.54) is 6.26 Å². The number of rotatable bonds is 4. The minimum absolute atomic E-state index is 0.0136. The topological polar surface area (TPSA) is 81.1 Å². The van der Waals surface area contributed by atoms with Crippen molar-refractivity contribution in [3.05, 3.63) is 53.1 Å². The summed E-state index contributed by atoms with van der Waals surface area (Å²) in [4.78, 5) is 16.8. The van der Waals surface area contributed by atoms with Gasteiger partial charge in [-0.2, -0.15) is 0 Å². The Bertz CT molecular complexity index is 854. The molecule has 2 heterocycles. The van der Waals surface area contributed by atoms with Crippen LogP contribution in [0, 0.1) is 6.92 Å². The van der Waals surface area contributed by atoms with Gasteiger partial charge in [-0.3, -0.25) is 4.79 Å². The van der Waals surface area contributed by atoms with E-state index < -0.39 is 9.84 Å². The maximum Gasteiger partial charge on any atom is 0.251 e. The zero-order valence-electron chi connectivity index (χ0n) is 13.8. The Hall–Kier alpha value is -2.15. The Morgan fingerprint density at radius 1 is 1.33 bits per heavy atom. The van der Waals surface area contributed by atoms with Crippen LogP contribution in [0.2, 0.25) is 0 Å². The van der Waals surface area contributed by atoms with Crippen LogP contribution in [0.5, 0.6) is 0 Å². The molecule has 1 atom stereocenters. The van der Waals surface area contributed by atoms with E-state index in [0.717, 1.165) is 30.9 Å². The number of aromatic nitrogens is 2. The highest BCUT2D eigenvalue weighted by Gasteiger charge is 2.21. The summed E-state index contributed by atoms with van der Waals surface area (Å²) in [6.07, 6.45) is 4.93. The number of hydrogen-bond donors (Lipinski definition) is 1. The summed E-state index contributed by atoms with van der Waals surface area (Å²) in [6.45, 7) is 2.70. The van der Waals surface area contributed by atoms with Crippen molar-refractivity contribution in [3.8, 4) is 0 Å². The fraction of sp³-hybridized carbons (Fsp3) is 0.412. The van der Waals surface area contributed by atoms with Gasteiger partial charge < -0.3 is 9.88 Å². The Morgan fingerprint density at radius 3 is 2.71 bits per heavy atom. The van der Waals surface area contributed by atoms with Crippen molar-refractivity contribution in [1.29, 1.82) is 0 Å². The Morgan fingerprint density at radius 2 is 2.04 bits per heavy atom. The van der Waals surface area contributed by atoms with Gasteiger partial charge in [-0.1, -0.05) is 12.1 Å². The molecule has 0 aliphatic carbocycles. The Labute approximate surface area is 141 Å². The molecular weight excluding hydrogens is 326 g/mol. The molecule has 1 aliphatic rings. The van der Waals surface area contributed by atoms with Gasteiger partial charge in [0.15, 0.2) is 9.84 Å². The van der Waals surface area contributed by atoms with Crippen LogP contribution in [-0.2, 0) is 28.6 Å². The lowest BCUT2D eigenvalue weighted by molar-refractivity contribution is 0.0927. The number of sulfone groups is 1. The molecular formula is C17H21N3O3S. The molecule has 1 aromatic heterocycles. The molecule has 0 bridgehead atoms. The van der Waals surface area contributed by atoms with Crippen LogP contribution < -0.4 is 5.32 Å². The van der Waals surface area contributed by atoms with Gasteiger partial charge in [-0.05, 0) is 31.0 Å². The third kappa shape index (κ3) is 4.03. The number of carbonyl (C=O) groups excluding carboxylic acids is 1. The molecule has 1 N–H and O–H groups in total. The van der Waals surface area contributed by atoms with E-state index in [1.54, 1.807) is 24.3 Å². The first-order chi connectivity index (χ1) is 11.3. The summed E-state index contributed by atoms with van der Waals surface area (Å²) in [6, 6.07) is 6.80. The summed E-state index contributed by atoms with van der Waals surface area (Å²) < 4.78 is 24.7. The predicted molar refractivity (Wildman–Crippen MR) is 91.5 cm³/mol. The molecule has 7 heteroatoms. The van der Waals surface area contributed by atoms with Crippen LogP contribution in [0.25, 0.3) is 0 Å². The van der Waals surface area contributed by atoms with Gasteiger partial charge in [0.05, 0.1) is 11.4 Å². The number of imidazole rings is 1. The lowest BCUT2D eigenvalue weighted by Gasteiger charge is -2.24. The molecule has 0 radical (unpaired) electrons. The van der Waals surface area contributed by atoms with Gasteiger partial charge in [0, 0.05) is 37.0 Å². The van der Waals surface area contributed by atoms with Crippen molar-refractivity contribution in [3.63, 3.8) is 0 Å². The summed E-state index contributed by atoms with van der Waals surface area (Å²) >= 11 is 0. The van der Waals surface area contributed by atoms with E-state index in [1.807, 2.05) is 13.1 Å². The summed E-state index contributed by atoms with van der Waals surface area (Å²) in [5.41, 5.74) is 2.23. The van der Waals surface area contributed by atoms with Crippen LogP contribution in [0.4, 0.5) is 0 Å². The molecule has 1 aliphatic heterocycles. The highest BCUT2D eigenvalue weighted by Crippen LogP contribution is 2.16. The second kappa shape index (κ2) is 6.39. The molecule has 0 fully saturated rings. The quantitative estimate of drug-likeness (QED) is 0.908. The molecule has 0 unspecified atom stereocenters. The van der Waals surface area contributed by atoms with Gasteiger partial charge in [-0.15, -0.1) is 0 Å². The van der Waals surface area contributed by atoms with Crippen LogP contribution >= 0.6 is 0 Å². The molecule has 3 rings (SSSR count). The van der Waals surface area contributed by atoms with Crippen LogP contribution in [0.15, 0.2) is 30.5 Å². The number of carbonyl (C=O) groups is 1. The predicted octanol–water partition coefficient (Wildman–Crippen LogP) is 1.48. The first-order valence-corrected chi connectivity index (χ1v) is 9.96. The average Bonchev–Trinajstić information content (AvgIpc) is 2.85. The van der Waals surface area contributed by atoms with Crippen molar-refractivity contribution >= 4 is 15.7 Å². The fourth-order valence-electron chi connectivity index (χ4n) is 3.03. The maximum absolute atomic E-state index is 12.4. The maximum atomic E-state index is 12.4. The number of fused-ring (bicyclic) bond motifs is 1. The average molecular weight is 347 g/mol. The van der Waals surface area contributed by atoms with E-state index in [9.17, 15) is 13.2 Å². The molecule has 0 saturated heterocycles. The number of amides is 1. The molecule has 1 amide bonds. The molecule has 1 aromatic carbocycles. The number of nitrogens with one attached hydrogen (secondary N) is 1. The lowest BCUT2D eigenvalue weighted by atomic mass is 10.1. The van der Waals surface area contributed by atoms with E-state index in [-0.39, 0.29) is 17.7 Å². The molecule has 6 nitrogen and oxygen atoms in total. The van der Waals surface area contributed by atoms with Crippen LogP contribution in [0.1, 0.15) is 33.9 Å². The lowest BCUT2D eigenvalue weighted by Crippen LogP contribution is -2.40. The Kier molecular flexibility index (Phi) is 4.45. The van der Waals surface area contributed by atoms with Gasteiger partial charge in [0.1, 0.15) is 5.82 Å². The van der Waals surface area contributed by atoms with Crippen LogP contribution in [-0.4, -0.2) is 36.2 Å². The van der Waals surface area contributed by atoms with Crippen molar-refractivity contribution in [2.24, 2.45) is 0 Å². The molecule has 24 heavy (non-hydrogen) atoms. The highest BCUT2D eigenvalue weighted by atomic mass is 32.2. The zero-order chi connectivity index (χ0) is 17.3. The summed E-state index contributed by atoms with van der Waals surface area (Å²) in [7, 11) is -3.07.